The maximum Gasteiger partial charge on any atom is 0.255 e. The number of para-hydroxylation sites is 1. The lowest BCUT2D eigenvalue weighted by molar-refractivity contribution is 0.102. The van der Waals surface area contributed by atoms with Crippen molar-refractivity contribution in [3.05, 3.63) is 63.1 Å². The summed E-state index contributed by atoms with van der Waals surface area (Å²) in [5.74, 6) is -0.0515. The Morgan fingerprint density at radius 1 is 1.05 bits per heavy atom. The van der Waals surface area contributed by atoms with E-state index >= 15 is 0 Å². The van der Waals surface area contributed by atoms with Crippen molar-refractivity contribution >= 4 is 27.5 Å². The number of rotatable bonds is 4. The minimum Gasteiger partial charge on any atom is -0.321 e. The predicted molar refractivity (Wildman–Crippen MR) is 92.0 cm³/mol. The molecule has 110 valence electrons. The largest absolute Gasteiger partial charge is 0.321 e. The van der Waals surface area contributed by atoms with Crippen molar-refractivity contribution in [1.29, 1.82) is 0 Å². The highest BCUT2D eigenvalue weighted by atomic mass is 79.9. The van der Waals surface area contributed by atoms with Crippen molar-refractivity contribution in [3.8, 4) is 0 Å². The van der Waals surface area contributed by atoms with Gasteiger partial charge in [-0.3, -0.25) is 4.79 Å². The molecule has 0 saturated heterocycles. The Morgan fingerprint density at radius 2 is 1.62 bits per heavy atom. The molecule has 2 aromatic carbocycles. The van der Waals surface area contributed by atoms with Crippen molar-refractivity contribution in [2.45, 2.75) is 33.6 Å². The first-order chi connectivity index (χ1) is 10.1. The number of anilines is 1. The normalized spacial score (nSPS) is 10.5. The zero-order valence-corrected chi connectivity index (χ0v) is 14.3. The van der Waals surface area contributed by atoms with Gasteiger partial charge >= 0.3 is 0 Å². The Bertz CT molecular complexity index is 642. The summed E-state index contributed by atoms with van der Waals surface area (Å²) in [6, 6.07) is 11.9. The summed E-state index contributed by atoms with van der Waals surface area (Å²) >= 11 is 3.48. The summed E-state index contributed by atoms with van der Waals surface area (Å²) in [5, 5.41) is 3.11. The van der Waals surface area contributed by atoms with Crippen molar-refractivity contribution in [1.82, 2.24) is 0 Å². The molecule has 0 spiro atoms. The minimum atomic E-state index is -0.0515. The van der Waals surface area contributed by atoms with Crippen molar-refractivity contribution in [2.75, 3.05) is 5.32 Å². The van der Waals surface area contributed by atoms with Gasteiger partial charge < -0.3 is 5.32 Å². The lowest BCUT2D eigenvalue weighted by Gasteiger charge is -2.15. The molecule has 0 bridgehead atoms. The smallest absolute Gasteiger partial charge is 0.255 e. The third kappa shape index (κ3) is 3.35. The molecule has 1 N–H and O–H groups in total. The molecule has 0 unspecified atom stereocenters. The Kier molecular flexibility index (Phi) is 5.18. The Hall–Kier alpha value is -1.61. The highest BCUT2D eigenvalue weighted by Gasteiger charge is 2.14. The quantitative estimate of drug-likeness (QED) is 0.816. The number of amides is 1. The number of aryl methyl sites for hydroxylation is 2. The van der Waals surface area contributed by atoms with Crippen LogP contribution in [-0.4, -0.2) is 5.91 Å². The van der Waals surface area contributed by atoms with Gasteiger partial charge in [-0.25, -0.2) is 0 Å². The summed E-state index contributed by atoms with van der Waals surface area (Å²) in [4.78, 5) is 12.6. The first-order valence-corrected chi connectivity index (χ1v) is 8.05. The highest BCUT2D eigenvalue weighted by molar-refractivity contribution is 9.10. The van der Waals surface area contributed by atoms with E-state index in [2.05, 4.69) is 53.3 Å². The Morgan fingerprint density at radius 3 is 2.19 bits per heavy atom. The number of hydrogen-bond acceptors (Lipinski definition) is 1. The Balaban J connectivity index is 2.38. The summed E-state index contributed by atoms with van der Waals surface area (Å²) in [6.07, 6.45) is 1.81. The van der Waals surface area contributed by atoms with Crippen LogP contribution in [0.1, 0.15) is 40.9 Å². The van der Waals surface area contributed by atoms with E-state index in [1.54, 1.807) is 0 Å². The average Bonchev–Trinajstić information content (AvgIpc) is 2.50. The minimum absolute atomic E-state index is 0.0515. The SMILES string of the molecule is CCc1cccc(CC)c1NC(=O)c1cccc(Br)c1C. The van der Waals surface area contributed by atoms with Crippen LogP contribution in [0.5, 0.6) is 0 Å². The van der Waals surface area contributed by atoms with Crippen LogP contribution in [0.25, 0.3) is 0 Å². The van der Waals surface area contributed by atoms with Gasteiger partial charge in [-0.2, -0.15) is 0 Å². The van der Waals surface area contributed by atoms with Crippen LogP contribution in [0.4, 0.5) is 5.69 Å². The van der Waals surface area contributed by atoms with Crippen LogP contribution in [-0.2, 0) is 12.8 Å². The topological polar surface area (TPSA) is 29.1 Å². The number of hydrogen-bond donors (Lipinski definition) is 1. The monoisotopic (exact) mass is 345 g/mol. The van der Waals surface area contributed by atoms with Gasteiger partial charge in [-0.15, -0.1) is 0 Å². The summed E-state index contributed by atoms with van der Waals surface area (Å²) in [7, 11) is 0. The van der Waals surface area contributed by atoms with Crippen molar-refractivity contribution in [3.63, 3.8) is 0 Å². The number of nitrogens with one attached hydrogen (secondary N) is 1. The zero-order chi connectivity index (χ0) is 15.4. The lowest BCUT2D eigenvalue weighted by Crippen LogP contribution is -2.16. The molecule has 2 aromatic rings. The number of benzene rings is 2. The van der Waals surface area contributed by atoms with Gasteiger partial charge in [0, 0.05) is 15.7 Å². The van der Waals surface area contributed by atoms with Gasteiger partial charge in [0.1, 0.15) is 0 Å². The van der Waals surface area contributed by atoms with E-state index in [9.17, 15) is 4.79 Å². The molecule has 0 atom stereocenters. The molecule has 0 radical (unpaired) electrons. The van der Waals surface area contributed by atoms with Gasteiger partial charge in [-0.05, 0) is 48.6 Å². The van der Waals surface area contributed by atoms with E-state index < -0.39 is 0 Å². The zero-order valence-electron chi connectivity index (χ0n) is 12.7. The van der Waals surface area contributed by atoms with Crippen LogP contribution in [0.2, 0.25) is 0 Å². The molecular formula is C18H20BrNO. The second kappa shape index (κ2) is 6.90. The van der Waals surface area contributed by atoms with E-state index in [0.29, 0.717) is 5.56 Å². The molecule has 0 aromatic heterocycles. The molecule has 0 fully saturated rings. The molecule has 1 amide bonds. The fourth-order valence-electron chi connectivity index (χ4n) is 2.44. The fourth-order valence-corrected chi connectivity index (χ4v) is 2.80. The van der Waals surface area contributed by atoms with Gasteiger partial charge in [0.05, 0.1) is 0 Å². The Labute approximate surface area is 134 Å². The molecule has 2 rings (SSSR count). The number of carbonyl (C=O) groups is 1. The predicted octanol–water partition coefficient (Wildman–Crippen LogP) is 5.13. The van der Waals surface area contributed by atoms with Crippen molar-refractivity contribution in [2.24, 2.45) is 0 Å². The second-order valence-corrected chi connectivity index (χ2v) is 5.88. The number of halogens is 1. The maximum atomic E-state index is 12.6. The number of carbonyl (C=O) groups excluding carboxylic acids is 1. The highest BCUT2D eigenvalue weighted by Crippen LogP contribution is 2.25. The standard InChI is InChI=1S/C18H20BrNO/c1-4-13-8-6-9-14(5-2)17(13)20-18(21)15-10-7-11-16(19)12(15)3/h6-11H,4-5H2,1-3H3,(H,20,21). The molecular weight excluding hydrogens is 326 g/mol. The molecule has 0 aliphatic heterocycles. The van der Waals surface area contributed by atoms with Crippen LogP contribution in [0.15, 0.2) is 40.9 Å². The molecule has 3 heteroatoms. The van der Waals surface area contributed by atoms with E-state index in [1.807, 2.05) is 25.1 Å². The second-order valence-electron chi connectivity index (χ2n) is 5.02. The molecule has 0 saturated carbocycles. The van der Waals surface area contributed by atoms with Gasteiger partial charge in [0.15, 0.2) is 0 Å². The van der Waals surface area contributed by atoms with Crippen LogP contribution < -0.4 is 5.32 Å². The lowest BCUT2D eigenvalue weighted by atomic mass is 10.0. The van der Waals surface area contributed by atoms with Crippen LogP contribution in [0, 0.1) is 6.92 Å². The van der Waals surface area contributed by atoms with Crippen LogP contribution >= 0.6 is 15.9 Å². The molecule has 2 nitrogen and oxygen atoms in total. The summed E-state index contributed by atoms with van der Waals surface area (Å²) < 4.78 is 0.953. The van der Waals surface area contributed by atoms with Crippen molar-refractivity contribution < 1.29 is 4.79 Å². The van der Waals surface area contributed by atoms with E-state index in [-0.39, 0.29) is 5.91 Å². The van der Waals surface area contributed by atoms with Gasteiger partial charge in [-0.1, -0.05) is 54.0 Å². The van der Waals surface area contributed by atoms with E-state index in [4.69, 9.17) is 0 Å². The molecule has 0 heterocycles. The van der Waals surface area contributed by atoms with E-state index in [1.165, 1.54) is 11.1 Å². The van der Waals surface area contributed by atoms with Crippen LogP contribution in [0.3, 0.4) is 0 Å². The molecule has 21 heavy (non-hydrogen) atoms. The summed E-state index contributed by atoms with van der Waals surface area (Å²) in [6.45, 7) is 6.16. The molecule has 0 aliphatic carbocycles. The molecule has 0 aliphatic rings. The first-order valence-electron chi connectivity index (χ1n) is 7.25. The fraction of sp³-hybridized carbons (Fsp3) is 0.278. The third-order valence-corrected chi connectivity index (χ3v) is 4.61. The summed E-state index contributed by atoms with van der Waals surface area (Å²) in [5.41, 5.74) is 4.98. The first kappa shape index (κ1) is 15.8. The van der Waals surface area contributed by atoms with E-state index in [0.717, 1.165) is 28.6 Å². The van der Waals surface area contributed by atoms with Gasteiger partial charge in [0.2, 0.25) is 0 Å². The average molecular weight is 346 g/mol. The third-order valence-electron chi connectivity index (χ3n) is 3.75. The van der Waals surface area contributed by atoms with Gasteiger partial charge in [0.25, 0.3) is 5.91 Å². The maximum absolute atomic E-state index is 12.6.